The summed E-state index contributed by atoms with van der Waals surface area (Å²) in [6.45, 7) is 13.7. The van der Waals surface area contributed by atoms with Gasteiger partial charge in [-0.3, -0.25) is 4.79 Å². The van der Waals surface area contributed by atoms with Crippen molar-refractivity contribution < 1.29 is 4.79 Å². The van der Waals surface area contributed by atoms with Gasteiger partial charge in [-0.1, -0.05) is 41.7 Å². The molecule has 2 nitrogen and oxygen atoms in total. The van der Waals surface area contributed by atoms with Gasteiger partial charge in [0.15, 0.2) is 0 Å². The molecule has 3 heteroatoms. The highest BCUT2D eigenvalue weighted by atomic mass is 16.2. The molecule has 1 aliphatic heterocycles. The first-order valence-corrected chi connectivity index (χ1v) is 5.56. The third-order valence-corrected chi connectivity index (χ3v) is 2.65. The molecule has 1 aliphatic rings. The zero-order chi connectivity index (χ0) is 11.1. The fraction of sp³-hybridized carbons (Fsp3) is 0.769. The quantitative estimate of drug-likeness (QED) is 0.521. The second-order valence-electron chi connectivity index (χ2n) is 3.78. The van der Waals surface area contributed by atoms with Gasteiger partial charge in [-0.15, -0.1) is 0 Å². The summed E-state index contributed by atoms with van der Waals surface area (Å²) < 4.78 is 0. The topological polar surface area (TPSA) is 20.3 Å². The van der Waals surface area contributed by atoms with E-state index >= 15 is 0 Å². The lowest BCUT2D eigenvalue weighted by molar-refractivity contribution is -0.125. The van der Waals surface area contributed by atoms with Gasteiger partial charge in [0, 0.05) is 21.5 Å². The largest absolute Gasteiger partial charge is 0.339 e. The van der Waals surface area contributed by atoms with E-state index < -0.39 is 0 Å². The molecule has 0 aliphatic carbocycles. The number of likely N-dealkylation sites (tertiary alicyclic amines) is 1. The monoisotopic (exact) mass is 224 g/mol. The Bertz CT molecular complexity index is 192. The van der Waals surface area contributed by atoms with Crippen molar-refractivity contribution in [3.63, 3.8) is 0 Å². The van der Waals surface area contributed by atoms with Crippen LogP contribution in [0.4, 0.5) is 0 Å². The first-order valence-electron chi connectivity index (χ1n) is 5.56. The molecule has 0 aromatic rings. The molecule has 1 unspecified atom stereocenters. The van der Waals surface area contributed by atoms with Crippen LogP contribution < -0.4 is 0 Å². The molecular formula is C13H27BNO. The normalized spacial score (nSPS) is 17.8. The highest BCUT2D eigenvalue weighted by molar-refractivity contribution is 5.87. The van der Waals surface area contributed by atoms with Gasteiger partial charge >= 0.3 is 0 Å². The summed E-state index contributed by atoms with van der Waals surface area (Å²) in [5.41, 5.74) is 0. The van der Waals surface area contributed by atoms with Crippen LogP contribution in [0.25, 0.3) is 0 Å². The van der Waals surface area contributed by atoms with E-state index in [0.29, 0.717) is 11.8 Å². The molecule has 1 heterocycles. The minimum atomic E-state index is 0. The lowest BCUT2D eigenvalue weighted by Gasteiger charge is -2.16. The van der Waals surface area contributed by atoms with E-state index in [1.807, 2.05) is 18.7 Å². The minimum absolute atomic E-state index is 0. The summed E-state index contributed by atoms with van der Waals surface area (Å²) in [6.07, 6.45) is 2.56. The zero-order valence-electron chi connectivity index (χ0n) is 10.5. The summed E-state index contributed by atoms with van der Waals surface area (Å²) >= 11 is 0. The van der Waals surface area contributed by atoms with Crippen LogP contribution in [-0.2, 0) is 4.79 Å². The van der Waals surface area contributed by atoms with Crippen molar-refractivity contribution in [3.8, 4) is 0 Å². The fourth-order valence-electron chi connectivity index (χ4n) is 1.66. The minimum Gasteiger partial charge on any atom is -0.339 e. The maximum Gasteiger partial charge on any atom is 0.245 e. The standard InChI is InChI=1S/C10H17NO.C2H6.CH4.B/c1-4-10(12)11-6-5-9(7-11)8(2)3;1-2;;/h4,8-9H,1,5-7H2,2-3H3;1-2H3;1H4;. The Hall–Kier alpha value is -0.725. The van der Waals surface area contributed by atoms with Gasteiger partial charge in [-0.2, -0.15) is 0 Å². The van der Waals surface area contributed by atoms with Crippen molar-refractivity contribution >= 4 is 14.3 Å². The van der Waals surface area contributed by atoms with Crippen molar-refractivity contribution in [2.75, 3.05) is 13.1 Å². The molecule has 1 saturated heterocycles. The van der Waals surface area contributed by atoms with Crippen LogP contribution in [0.1, 0.15) is 41.5 Å². The Kier molecular flexibility index (Phi) is 13.9. The van der Waals surface area contributed by atoms with Gasteiger partial charge in [0.25, 0.3) is 0 Å². The molecule has 0 spiro atoms. The number of nitrogens with zero attached hydrogens (tertiary/aromatic N) is 1. The van der Waals surface area contributed by atoms with E-state index in [1.54, 1.807) is 0 Å². The van der Waals surface area contributed by atoms with E-state index in [1.165, 1.54) is 6.08 Å². The molecule has 93 valence electrons. The summed E-state index contributed by atoms with van der Waals surface area (Å²) in [5, 5.41) is 0. The van der Waals surface area contributed by atoms with E-state index in [2.05, 4.69) is 20.4 Å². The van der Waals surface area contributed by atoms with Crippen LogP contribution in [0.2, 0.25) is 0 Å². The van der Waals surface area contributed by atoms with Crippen molar-refractivity contribution in [1.29, 1.82) is 0 Å². The number of hydrogen-bond donors (Lipinski definition) is 0. The van der Waals surface area contributed by atoms with Crippen LogP contribution in [0.3, 0.4) is 0 Å². The van der Waals surface area contributed by atoms with Gasteiger partial charge in [0.2, 0.25) is 5.91 Å². The summed E-state index contributed by atoms with van der Waals surface area (Å²) in [7, 11) is 0. The average Bonchev–Trinajstić information content (AvgIpc) is 2.68. The van der Waals surface area contributed by atoms with Crippen LogP contribution in [-0.4, -0.2) is 32.3 Å². The molecule has 0 saturated carbocycles. The van der Waals surface area contributed by atoms with E-state index in [9.17, 15) is 4.79 Å². The molecule has 0 aromatic heterocycles. The third-order valence-electron chi connectivity index (χ3n) is 2.65. The van der Waals surface area contributed by atoms with Crippen LogP contribution >= 0.6 is 0 Å². The lowest BCUT2D eigenvalue weighted by atomic mass is 9.95. The molecule has 1 rings (SSSR count). The van der Waals surface area contributed by atoms with Crippen LogP contribution in [0, 0.1) is 11.8 Å². The number of carbonyl (C=O) groups is 1. The fourth-order valence-corrected chi connectivity index (χ4v) is 1.66. The number of rotatable bonds is 2. The van der Waals surface area contributed by atoms with Crippen LogP contribution in [0.5, 0.6) is 0 Å². The highest BCUT2D eigenvalue weighted by Crippen LogP contribution is 2.23. The second kappa shape index (κ2) is 10.8. The SMILES string of the molecule is C.C=CC(=O)N1CCC(C(C)C)C1.CC.[B]. The Morgan fingerprint density at radius 2 is 1.94 bits per heavy atom. The number of carbonyl (C=O) groups excluding carboxylic acids is 1. The van der Waals surface area contributed by atoms with Crippen molar-refractivity contribution in [2.24, 2.45) is 11.8 Å². The maximum atomic E-state index is 11.2. The van der Waals surface area contributed by atoms with Gasteiger partial charge < -0.3 is 4.90 Å². The first-order chi connectivity index (χ1) is 6.65. The predicted molar refractivity (Wildman–Crippen MR) is 73.6 cm³/mol. The Balaban J connectivity index is -0.000000399. The van der Waals surface area contributed by atoms with Gasteiger partial charge in [-0.05, 0) is 24.3 Å². The molecule has 0 bridgehead atoms. The van der Waals surface area contributed by atoms with Crippen molar-refractivity contribution in [3.05, 3.63) is 12.7 Å². The summed E-state index contributed by atoms with van der Waals surface area (Å²) in [4.78, 5) is 13.1. The Morgan fingerprint density at radius 1 is 1.44 bits per heavy atom. The molecule has 0 N–H and O–H groups in total. The molecule has 16 heavy (non-hydrogen) atoms. The molecule has 1 amide bonds. The van der Waals surface area contributed by atoms with E-state index in [0.717, 1.165) is 19.5 Å². The maximum absolute atomic E-state index is 11.2. The predicted octanol–water partition coefficient (Wildman–Crippen LogP) is 2.96. The van der Waals surface area contributed by atoms with Crippen LogP contribution in [0.15, 0.2) is 12.7 Å². The molecule has 3 radical (unpaired) electrons. The van der Waals surface area contributed by atoms with E-state index in [-0.39, 0.29) is 21.7 Å². The van der Waals surface area contributed by atoms with Gasteiger partial charge in [0.1, 0.15) is 0 Å². The summed E-state index contributed by atoms with van der Waals surface area (Å²) in [5.74, 6) is 1.46. The molecule has 1 atom stereocenters. The van der Waals surface area contributed by atoms with Gasteiger partial charge in [0.05, 0.1) is 0 Å². The number of hydrogen-bond acceptors (Lipinski definition) is 1. The van der Waals surface area contributed by atoms with Crippen molar-refractivity contribution in [2.45, 2.75) is 41.5 Å². The Morgan fingerprint density at radius 3 is 2.25 bits per heavy atom. The van der Waals surface area contributed by atoms with E-state index in [4.69, 9.17) is 0 Å². The molecule has 1 fully saturated rings. The second-order valence-corrected chi connectivity index (χ2v) is 3.78. The van der Waals surface area contributed by atoms with Crippen molar-refractivity contribution in [1.82, 2.24) is 4.90 Å². The zero-order valence-corrected chi connectivity index (χ0v) is 10.5. The third kappa shape index (κ3) is 5.99. The number of amides is 1. The van der Waals surface area contributed by atoms with Gasteiger partial charge in [-0.25, -0.2) is 0 Å². The summed E-state index contributed by atoms with van der Waals surface area (Å²) in [6, 6.07) is 0. The molecule has 0 aromatic carbocycles. The highest BCUT2D eigenvalue weighted by Gasteiger charge is 2.26. The smallest absolute Gasteiger partial charge is 0.245 e. The molecular weight excluding hydrogens is 197 g/mol. The average molecular weight is 224 g/mol. The lowest BCUT2D eigenvalue weighted by Crippen LogP contribution is -2.27. The first kappa shape index (κ1) is 20.7. The Labute approximate surface area is 104 Å².